The summed E-state index contributed by atoms with van der Waals surface area (Å²) in [5.74, 6) is -0.0649. The molecule has 0 radical (unpaired) electrons. The molecule has 59 heavy (non-hydrogen) atoms. The number of aliphatic hydroxyl groups is 4. The maximum atomic E-state index is 12.2. The lowest BCUT2D eigenvalue weighted by molar-refractivity contribution is -0.123. The molecule has 0 heterocycles. The monoisotopic (exact) mass is 837 g/mol. The third kappa shape index (κ3) is 47.6. The molecule has 0 aromatic carbocycles. The Morgan fingerprint density at radius 1 is 0.441 bits per heavy atom. The topological polar surface area (TPSA) is 136 Å². The van der Waals surface area contributed by atoms with Gasteiger partial charge in [-0.05, 0) is 32.1 Å². The van der Waals surface area contributed by atoms with Crippen LogP contribution in [0.25, 0.3) is 0 Å². The number of allylic oxidation sites excluding steroid dienone is 2. The van der Waals surface area contributed by atoms with Gasteiger partial charge in [0.1, 0.15) is 0 Å². The average Bonchev–Trinajstić information content (AvgIpc) is 3.24. The summed E-state index contributed by atoms with van der Waals surface area (Å²) in [6.07, 6.45) is 54.5. The Balaban J connectivity index is 0. The van der Waals surface area contributed by atoms with Crippen LogP contribution in [0.3, 0.4) is 0 Å². The smallest absolute Gasteiger partial charge is 0.220 e. The molecular weight excluding hydrogens is 733 g/mol. The van der Waals surface area contributed by atoms with Gasteiger partial charge in [-0.2, -0.15) is 0 Å². The van der Waals surface area contributed by atoms with Crippen LogP contribution in [0.2, 0.25) is 0 Å². The van der Waals surface area contributed by atoms with Crippen LogP contribution in [0.5, 0.6) is 0 Å². The van der Waals surface area contributed by atoms with Crippen molar-refractivity contribution in [3.05, 3.63) is 24.3 Å². The summed E-state index contributed by atoms with van der Waals surface area (Å²) in [5.41, 5.74) is 5.51. The van der Waals surface area contributed by atoms with Gasteiger partial charge in [0.25, 0.3) is 0 Å². The molecule has 0 rings (SSSR count). The lowest BCUT2D eigenvalue weighted by atomic mass is 10.0. The highest BCUT2D eigenvalue weighted by Gasteiger charge is 2.18. The highest BCUT2D eigenvalue weighted by molar-refractivity contribution is 5.76. The molecule has 4 atom stereocenters. The Bertz CT molecular complexity index is 868. The first kappa shape index (κ1) is 59.8. The lowest BCUT2D eigenvalue weighted by Gasteiger charge is -2.20. The van der Waals surface area contributed by atoms with Crippen molar-refractivity contribution in [1.29, 1.82) is 0 Å². The van der Waals surface area contributed by atoms with Gasteiger partial charge in [-0.3, -0.25) is 4.79 Å². The van der Waals surface area contributed by atoms with Gasteiger partial charge < -0.3 is 31.5 Å². The van der Waals surface area contributed by atoms with E-state index < -0.39 is 24.3 Å². The van der Waals surface area contributed by atoms with Crippen molar-refractivity contribution in [2.45, 2.75) is 289 Å². The van der Waals surface area contributed by atoms with E-state index in [1.54, 1.807) is 12.2 Å². The maximum Gasteiger partial charge on any atom is 0.220 e. The van der Waals surface area contributed by atoms with Crippen LogP contribution in [0, 0.1) is 0 Å². The van der Waals surface area contributed by atoms with Gasteiger partial charge in [0.05, 0.1) is 37.5 Å². The number of amides is 1. The minimum absolute atomic E-state index is 0.0649. The number of hydrogen-bond acceptors (Lipinski definition) is 6. The molecule has 0 saturated heterocycles. The van der Waals surface area contributed by atoms with E-state index in [2.05, 4.69) is 26.1 Å². The molecule has 7 nitrogen and oxygen atoms in total. The number of rotatable bonds is 45. The standard InChI is InChI=1S/C34H67NO3.C18H37NO2/c1-3-5-7-9-11-13-15-17-19-21-23-25-27-29-33(37)32(31-36)35-34(38)30-28-26-24-22-20-18-16-14-12-10-8-6-4-2;1-2-3-4-5-6-7-8-9-10-11-12-13-14-15-18(21)17(19)16-20/h27,29,32-33,36-37H,3-26,28,30-31H2,1-2H3,(H,35,38);14-15,17-18,20-21H,2-13,16,19H2,1H3/b29-27+;15-14+/t32-,33+;17-,18+/m00/s1. The lowest BCUT2D eigenvalue weighted by Crippen LogP contribution is -2.45. The minimum Gasteiger partial charge on any atom is -0.395 e. The van der Waals surface area contributed by atoms with Crippen LogP contribution in [0.4, 0.5) is 0 Å². The summed E-state index contributed by atoms with van der Waals surface area (Å²) in [7, 11) is 0. The van der Waals surface area contributed by atoms with E-state index in [0.717, 1.165) is 32.1 Å². The van der Waals surface area contributed by atoms with E-state index in [-0.39, 0.29) is 19.1 Å². The van der Waals surface area contributed by atoms with Gasteiger partial charge in [0, 0.05) is 6.42 Å². The average molecular weight is 837 g/mol. The van der Waals surface area contributed by atoms with Gasteiger partial charge in [-0.15, -0.1) is 0 Å². The molecule has 0 aliphatic carbocycles. The number of unbranched alkanes of at least 4 members (excludes halogenated alkanes) is 34. The molecule has 0 unspecified atom stereocenters. The molecule has 0 aliphatic rings. The van der Waals surface area contributed by atoms with Crippen molar-refractivity contribution in [3.8, 4) is 0 Å². The Morgan fingerprint density at radius 3 is 1.03 bits per heavy atom. The number of carbonyl (C=O) groups is 1. The Kier molecular flexibility index (Phi) is 51.8. The van der Waals surface area contributed by atoms with Crippen molar-refractivity contribution in [2.75, 3.05) is 13.2 Å². The van der Waals surface area contributed by atoms with Crippen molar-refractivity contribution in [2.24, 2.45) is 5.73 Å². The predicted octanol–water partition coefficient (Wildman–Crippen LogP) is 13.5. The summed E-state index contributed by atoms with van der Waals surface area (Å²) in [4.78, 5) is 12.2. The number of hydrogen-bond donors (Lipinski definition) is 6. The fraction of sp³-hybridized carbons (Fsp3) is 0.904. The zero-order valence-electron chi connectivity index (χ0n) is 39.7. The summed E-state index contributed by atoms with van der Waals surface area (Å²) in [5, 5.41) is 41.1. The van der Waals surface area contributed by atoms with E-state index >= 15 is 0 Å². The summed E-state index contributed by atoms with van der Waals surface area (Å²) in [6.45, 7) is 6.37. The molecule has 0 spiro atoms. The summed E-state index contributed by atoms with van der Waals surface area (Å²) >= 11 is 0. The predicted molar refractivity (Wildman–Crippen MR) is 257 cm³/mol. The fourth-order valence-corrected chi connectivity index (χ4v) is 7.53. The molecular formula is C52H104N2O5. The number of carbonyl (C=O) groups excluding carboxylic acids is 1. The zero-order chi connectivity index (χ0) is 43.7. The van der Waals surface area contributed by atoms with Crippen LogP contribution in [0.1, 0.15) is 265 Å². The molecule has 0 bridgehead atoms. The molecule has 7 heteroatoms. The second-order valence-corrected chi connectivity index (χ2v) is 17.7. The fourth-order valence-electron chi connectivity index (χ4n) is 7.53. The van der Waals surface area contributed by atoms with E-state index in [1.807, 2.05) is 12.2 Å². The first-order valence-corrected chi connectivity index (χ1v) is 25.8. The van der Waals surface area contributed by atoms with Crippen LogP contribution in [-0.2, 0) is 4.79 Å². The number of nitrogens with two attached hydrogens (primary N) is 1. The van der Waals surface area contributed by atoms with E-state index in [9.17, 15) is 20.1 Å². The third-order valence-electron chi connectivity index (χ3n) is 11.7. The van der Waals surface area contributed by atoms with E-state index in [4.69, 9.17) is 10.8 Å². The number of aliphatic hydroxyl groups excluding tert-OH is 4. The van der Waals surface area contributed by atoms with E-state index in [0.29, 0.717) is 6.42 Å². The van der Waals surface area contributed by atoms with Gasteiger partial charge in [0.15, 0.2) is 0 Å². The van der Waals surface area contributed by atoms with Crippen LogP contribution < -0.4 is 11.1 Å². The van der Waals surface area contributed by atoms with Crippen molar-refractivity contribution < 1.29 is 25.2 Å². The molecule has 0 aliphatic heterocycles. The highest BCUT2D eigenvalue weighted by atomic mass is 16.3. The van der Waals surface area contributed by atoms with Crippen LogP contribution >= 0.6 is 0 Å². The molecule has 1 amide bonds. The van der Waals surface area contributed by atoms with Gasteiger partial charge in [0.2, 0.25) is 5.91 Å². The largest absolute Gasteiger partial charge is 0.395 e. The molecule has 0 aromatic heterocycles. The third-order valence-corrected chi connectivity index (χ3v) is 11.7. The molecule has 0 fully saturated rings. The van der Waals surface area contributed by atoms with Gasteiger partial charge >= 0.3 is 0 Å². The van der Waals surface area contributed by atoms with Gasteiger partial charge in [-0.25, -0.2) is 0 Å². The van der Waals surface area contributed by atoms with Crippen LogP contribution in [-0.4, -0.2) is 63.8 Å². The summed E-state index contributed by atoms with van der Waals surface area (Å²) < 4.78 is 0. The molecule has 352 valence electrons. The van der Waals surface area contributed by atoms with E-state index in [1.165, 1.54) is 205 Å². The van der Waals surface area contributed by atoms with Crippen LogP contribution in [0.15, 0.2) is 24.3 Å². The first-order valence-electron chi connectivity index (χ1n) is 25.8. The normalized spacial score (nSPS) is 13.8. The highest BCUT2D eigenvalue weighted by Crippen LogP contribution is 2.15. The Labute approximate surface area is 367 Å². The molecule has 0 saturated carbocycles. The van der Waals surface area contributed by atoms with Crippen molar-refractivity contribution in [1.82, 2.24) is 5.32 Å². The van der Waals surface area contributed by atoms with Crippen molar-refractivity contribution >= 4 is 5.91 Å². The maximum absolute atomic E-state index is 12.2. The molecule has 7 N–H and O–H groups in total. The second kappa shape index (κ2) is 51.1. The molecule has 0 aromatic rings. The Morgan fingerprint density at radius 2 is 0.729 bits per heavy atom. The van der Waals surface area contributed by atoms with Crippen molar-refractivity contribution in [3.63, 3.8) is 0 Å². The minimum atomic E-state index is -0.830. The second-order valence-electron chi connectivity index (χ2n) is 17.7. The zero-order valence-corrected chi connectivity index (χ0v) is 39.7. The SMILES string of the molecule is CCCCCCCCCCCCC/C=C/[C@@H](O)[C@@H](N)CO.CCCCCCCCCCCCC/C=C/[C@@H](O)[C@H](CO)NC(=O)CCCCCCCCCCCCCCC. The quantitative estimate of drug-likeness (QED) is 0.0267. The first-order chi connectivity index (χ1) is 28.9. The number of nitrogens with one attached hydrogen (secondary N) is 1. The van der Waals surface area contributed by atoms with Gasteiger partial charge in [-0.1, -0.05) is 251 Å². The Hall–Kier alpha value is -1.25. The summed E-state index contributed by atoms with van der Waals surface area (Å²) in [6, 6.07) is -1.17.